The monoisotopic (exact) mass is 480 g/mol. The van der Waals surface area contributed by atoms with Gasteiger partial charge < -0.3 is 0 Å². The van der Waals surface area contributed by atoms with Crippen molar-refractivity contribution < 1.29 is 22.0 Å². The first-order valence-electron chi connectivity index (χ1n) is 8.83. The van der Waals surface area contributed by atoms with E-state index in [9.17, 15) is 22.0 Å². The van der Waals surface area contributed by atoms with E-state index in [1.165, 1.54) is 30.5 Å². The Labute approximate surface area is 185 Å². The Morgan fingerprint density at radius 2 is 1.74 bits per heavy atom. The van der Waals surface area contributed by atoms with Crippen molar-refractivity contribution >= 4 is 49.9 Å². The Kier molecular flexibility index (Phi) is 5.55. The second-order valence-corrected chi connectivity index (χ2v) is 9.24. The van der Waals surface area contributed by atoms with Gasteiger partial charge in [-0.1, -0.05) is 41.4 Å². The van der Waals surface area contributed by atoms with Gasteiger partial charge in [0.1, 0.15) is 11.6 Å². The standard InChI is InChI=1S/C21H12Cl2F2N2O3S/c22-15-7-6-14(10-18(15)25)31(29,30)27-19-8-12(4-5-13(19)11-26-27)9-20(28)21-16(23)2-1-3-17(21)24/h1-8,10-11H,9H2. The Balaban J connectivity index is 1.74. The van der Waals surface area contributed by atoms with Crippen molar-refractivity contribution in [3.63, 3.8) is 0 Å². The van der Waals surface area contributed by atoms with Gasteiger partial charge in [-0.15, -0.1) is 0 Å². The predicted octanol–water partition coefficient (Wildman–Crippen LogP) is 5.28. The largest absolute Gasteiger partial charge is 0.294 e. The fourth-order valence-corrected chi connectivity index (χ4v) is 4.78. The van der Waals surface area contributed by atoms with Gasteiger partial charge in [0, 0.05) is 11.8 Å². The lowest BCUT2D eigenvalue weighted by atomic mass is 10.0. The number of hydrogen-bond donors (Lipinski definition) is 0. The van der Waals surface area contributed by atoms with Gasteiger partial charge in [-0.3, -0.25) is 4.79 Å². The molecule has 0 spiro atoms. The number of carbonyl (C=O) groups is 1. The summed E-state index contributed by atoms with van der Waals surface area (Å²) in [6, 6.07) is 11.7. The van der Waals surface area contributed by atoms with Crippen LogP contribution in [0.1, 0.15) is 15.9 Å². The fraction of sp³-hybridized carbons (Fsp3) is 0.0476. The zero-order chi connectivity index (χ0) is 22.3. The molecule has 0 saturated carbocycles. The summed E-state index contributed by atoms with van der Waals surface area (Å²) in [4.78, 5) is 12.2. The molecule has 0 bridgehead atoms. The average Bonchev–Trinajstić information content (AvgIpc) is 3.14. The molecule has 0 aliphatic rings. The molecular weight excluding hydrogens is 469 g/mol. The van der Waals surface area contributed by atoms with E-state index in [1.807, 2.05) is 0 Å². The van der Waals surface area contributed by atoms with E-state index in [0.717, 1.165) is 22.3 Å². The van der Waals surface area contributed by atoms with Crippen LogP contribution in [0.15, 0.2) is 65.7 Å². The van der Waals surface area contributed by atoms with Crippen LogP contribution in [0, 0.1) is 11.6 Å². The molecule has 4 rings (SSSR count). The van der Waals surface area contributed by atoms with Gasteiger partial charge in [-0.25, -0.2) is 8.78 Å². The Hall–Kier alpha value is -2.81. The number of nitrogens with zero attached hydrogens (tertiary/aromatic N) is 2. The minimum atomic E-state index is -4.23. The van der Waals surface area contributed by atoms with Crippen molar-refractivity contribution in [2.45, 2.75) is 11.3 Å². The van der Waals surface area contributed by atoms with E-state index >= 15 is 0 Å². The van der Waals surface area contributed by atoms with E-state index in [-0.39, 0.29) is 32.4 Å². The summed E-state index contributed by atoms with van der Waals surface area (Å²) in [6.07, 6.45) is 1.12. The maximum atomic E-state index is 14.0. The van der Waals surface area contributed by atoms with Gasteiger partial charge in [0.2, 0.25) is 0 Å². The van der Waals surface area contributed by atoms with Gasteiger partial charge in [-0.2, -0.15) is 17.6 Å². The van der Waals surface area contributed by atoms with Crippen molar-refractivity contribution in [2.75, 3.05) is 0 Å². The first-order valence-corrected chi connectivity index (χ1v) is 11.0. The third-order valence-corrected chi connectivity index (χ3v) is 6.84. The number of halogens is 4. The normalized spacial score (nSPS) is 11.7. The highest BCUT2D eigenvalue weighted by molar-refractivity contribution is 7.90. The summed E-state index contributed by atoms with van der Waals surface area (Å²) < 4.78 is 54.5. The number of ketones is 1. The molecule has 0 unspecified atom stereocenters. The number of carbonyl (C=O) groups excluding carboxylic acids is 1. The number of benzene rings is 3. The molecule has 1 heterocycles. The first-order chi connectivity index (χ1) is 14.7. The van der Waals surface area contributed by atoms with Crippen LogP contribution in [0.3, 0.4) is 0 Å². The minimum Gasteiger partial charge on any atom is -0.294 e. The number of hydrogen-bond acceptors (Lipinski definition) is 4. The van der Waals surface area contributed by atoms with Gasteiger partial charge >= 0.3 is 0 Å². The van der Waals surface area contributed by atoms with Crippen LogP contribution in [-0.4, -0.2) is 23.4 Å². The third kappa shape index (κ3) is 3.94. The smallest absolute Gasteiger partial charge is 0.283 e. The summed E-state index contributed by atoms with van der Waals surface area (Å²) in [5.74, 6) is -2.18. The molecular formula is C21H12Cl2F2N2O3S. The van der Waals surface area contributed by atoms with Crippen LogP contribution in [-0.2, 0) is 16.4 Å². The van der Waals surface area contributed by atoms with E-state index in [2.05, 4.69) is 5.10 Å². The van der Waals surface area contributed by atoms with Crippen LogP contribution < -0.4 is 0 Å². The summed E-state index contributed by atoms with van der Waals surface area (Å²) in [5.41, 5.74) is 0.373. The first kappa shape index (κ1) is 21.4. The quantitative estimate of drug-likeness (QED) is 0.364. The topological polar surface area (TPSA) is 69.0 Å². The molecule has 1 aromatic heterocycles. The Morgan fingerprint density at radius 1 is 0.968 bits per heavy atom. The zero-order valence-electron chi connectivity index (χ0n) is 15.5. The fourth-order valence-electron chi connectivity index (χ4n) is 3.12. The summed E-state index contributed by atoms with van der Waals surface area (Å²) >= 11 is 11.6. The predicted molar refractivity (Wildman–Crippen MR) is 113 cm³/mol. The second-order valence-electron chi connectivity index (χ2n) is 6.66. The minimum absolute atomic E-state index is 0.0107. The molecule has 0 atom stereocenters. The lowest BCUT2D eigenvalue weighted by molar-refractivity contribution is 0.0989. The highest BCUT2D eigenvalue weighted by Gasteiger charge is 2.23. The Morgan fingerprint density at radius 3 is 2.45 bits per heavy atom. The highest BCUT2D eigenvalue weighted by Crippen LogP contribution is 2.26. The van der Waals surface area contributed by atoms with E-state index in [1.54, 1.807) is 12.1 Å². The van der Waals surface area contributed by atoms with Crippen molar-refractivity contribution in [2.24, 2.45) is 0 Å². The van der Waals surface area contributed by atoms with Crippen LogP contribution in [0.4, 0.5) is 8.78 Å². The van der Waals surface area contributed by atoms with Crippen molar-refractivity contribution in [1.29, 1.82) is 0 Å². The van der Waals surface area contributed by atoms with Crippen molar-refractivity contribution in [3.05, 3.63) is 93.6 Å². The van der Waals surface area contributed by atoms with Crippen LogP contribution in [0.5, 0.6) is 0 Å². The number of Topliss-reactive ketones (excluding diaryl/α,β-unsaturated/α-hetero) is 1. The zero-order valence-corrected chi connectivity index (χ0v) is 17.8. The summed E-state index contributed by atoms with van der Waals surface area (Å²) in [6.45, 7) is 0. The number of aromatic nitrogens is 2. The molecule has 4 aromatic rings. The number of fused-ring (bicyclic) bond motifs is 1. The lowest BCUT2D eigenvalue weighted by Crippen LogP contribution is -2.15. The Bertz CT molecular complexity index is 1430. The van der Waals surface area contributed by atoms with Crippen LogP contribution >= 0.6 is 23.2 Å². The van der Waals surface area contributed by atoms with E-state index in [4.69, 9.17) is 23.2 Å². The van der Waals surface area contributed by atoms with Gasteiger partial charge in [0.25, 0.3) is 10.0 Å². The summed E-state index contributed by atoms with van der Waals surface area (Å²) in [5, 5.41) is 4.17. The van der Waals surface area contributed by atoms with E-state index in [0.29, 0.717) is 10.9 Å². The molecule has 0 fully saturated rings. The molecule has 5 nitrogen and oxygen atoms in total. The van der Waals surface area contributed by atoms with Gasteiger partial charge in [-0.05, 0) is 42.0 Å². The van der Waals surface area contributed by atoms with Crippen molar-refractivity contribution in [1.82, 2.24) is 9.19 Å². The van der Waals surface area contributed by atoms with E-state index < -0.39 is 27.4 Å². The average molecular weight is 481 g/mol. The molecule has 31 heavy (non-hydrogen) atoms. The maximum absolute atomic E-state index is 14.0. The van der Waals surface area contributed by atoms with Gasteiger partial charge in [0.15, 0.2) is 5.78 Å². The second kappa shape index (κ2) is 8.03. The molecule has 0 amide bonds. The third-order valence-electron chi connectivity index (χ3n) is 4.63. The maximum Gasteiger partial charge on any atom is 0.283 e. The molecule has 158 valence electrons. The molecule has 0 saturated heterocycles. The van der Waals surface area contributed by atoms with Crippen molar-refractivity contribution in [3.8, 4) is 0 Å². The van der Waals surface area contributed by atoms with Crippen LogP contribution in [0.2, 0.25) is 10.0 Å². The molecule has 0 aliphatic carbocycles. The highest BCUT2D eigenvalue weighted by atomic mass is 35.5. The molecule has 0 radical (unpaired) electrons. The van der Waals surface area contributed by atoms with Crippen LogP contribution in [0.25, 0.3) is 10.9 Å². The molecule has 0 aliphatic heterocycles. The summed E-state index contributed by atoms with van der Waals surface area (Å²) in [7, 11) is -4.23. The molecule has 3 aromatic carbocycles. The van der Waals surface area contributed by atoms with Gasteiger partial charge in [0.05, 0.1) is 32.2 Å². The lowest BCUT2D eigenvalue weighted by Gasteiger charge is -2.08. The SMILES string of the molecule is O=C(Cc1ccc2cnn(S(=O)(=O)c3ccc(Cl)c(F)c3)c2c1)c1c(F)cccc1Cl. The number of rotatable bonds is 5. The molecule has 10 heteroatoms. The molecule has 0 N–H and O–H groups in total.